The Labute approximate surface area is 117 Å². The van der Waals surface area contributed by atoms with Crippen molar-refractivity contribution >= 4 is 17.3 Å². The highest BCUT2D eigenvalue weighted by Gasteiger charge is 2.17. The molecule has 1 unspecified atom stereocenters. The lowest BCUT2D eigenvalue weighted by Gasteiger charge is -2.21. The summed E-state index contributed by atoms with van der Waals surface area (Å²) in [5, 5.41) is 21.6. The van der Waals surface area contributed by atoms with Crippen molar-refractivity contribution in [3.05, 3.63) is 23.5 Å². The van der Waals surface area contributed by atoms with Crippen LogP contribution in [0.1, 0.15) is 37.0 Å². The molecule has 0 fully saturated rings. The zero-order valence-corrected chi connectivity index (χ0v) is 11.7. The number of aliphatic hydroxyl groups is 1. The van der Waals surface area contributed by atoms with Gasteiger partial charge in [0.05, 0.1) is 23.0 Å². The van der Waals surface area contributed by atoms with E-state index in [-0.39, 0.29) is 23.8 Å². The molecule has 1 atom stereocenters. The zero-order valence-electron chi connectivity index (χ0n) is 11.7. The van der Waals surface area contributed by atoms with Crippen LogP contribution < -0.4 is 11.1 Å². The molecule has 0 saturated heterocycles. The monoisotopic (exact) mass is 284 g/mol. The Morgan fingerprint density at radius 1 is 1.40 bits per heavy atom. The fourth-order valence-electron chi connectivity index (χ4n) is 2.12. The van der Waals surface area contributed by atoms with Gasteiger partial charge in [0.1, 0.15) is 5.82 Å². The number of carboxylic acid groups (broad SMARTS) is 1. The maximum absolute atomic E-state index is 13.6. The molecule has 5 nitrogen and oxygen atoms in total. The summed E-state index contributed by atoms with van der Waals surface area (Å²) in [4.78, 5) is 10.8. The number of nitrogens with one attached hydrogen (secondary N) is 1. The van der Waals surface area contributed by atoms with Crippen LogP contribution in [0.4, 0.5) is 15.8 Å². The van der Waals surface area contributed by atoms with E-state index >= 15 is 0 Å². The van der Waals surface area contributed by atoms with Crippen molar-refractivity contribution in [1.29, 1.82) is 0 Å². The van der Waals surface area contributed by atoms with E-state index in [0.717, 1.165) is 25.0 Å². The third-order valence-electron chi connectivity index (χ3n) is 3.46. The van der Waals surface area contributed by atoms with E-state index in [0.29, 0.717) is 0 Å². The van der Waals surface area contributed by atoms with Crippen molar-refractivity contribution in [1.82, 2.24) is 0 Å². The lowest BCUT2D eigenvalue weighted by atomic mass is 9.96. The molecule has 112 valence electrons. The first-order valence-electron chi connectivity index (χ1n) is 6.64. The van der Waals surface area contributed by atoms with Gasteiger partial charge >= 0.3 is 5.97 Å². The molecule has 0 aliphatic heterocycles. The van der Waals surface area contributed by atoms with Crippen molar-refractivity contribution < 1.29 is 19.4 Å². The summed E-state index contributed by atoms with van der Waals surface area (Å²) < 4.78 is 13.6. The van der Waals surface area contributed by atoms with Gasteiger partial charge in [0.2, 0.25) is 0 Å². The summed E-state index contributed by atoms with van der Waals surface area (Å²) in [6, 6.07) is 2.11. The first-order valence-corrected chi connectivity index (χ1v) is 6.64. The predicted octanol–water partition coefficient (Wildman–Crippen LogP) is 2.32. The highest BCUT2D eigenvalue weighted by Crippen LogP contribution is 2.24. The minimum absolute atomic E-state index is 0.139. The van der Waals surface area contributed by atoms with Gasteiger partial charge in [-0.25, -0.2) is 9.18 Å². The van der Waals surface area contributed by atoms with Crippen LogP contribution in [0, 0.1) is 11.7 Å². The fraction of sp³-hybridized carbons (Fsp3) is 0.500. The molecule has 5 N–H and O–H groups in total. The third kappa shape index (κ3) is 3.84. The second-order valence-electron chi connectivity index (χ2n) is 4.75. The number of hydrogen-bond donors (Lipinski definition) is 4. The number of carboxylic acids is 1. The molecule has 0 bridgehead atoms. The average molecular weight is 284 g/mol. The van der Waals surface area contributed by atoms with Crippen molar-refractivity contribution in [2.24, 2.45) is 5.92 Å². The Balaban J connectivity index is 2.79. The van der Waals surface area contributed by atoms with Gasteiger partial charge in [0.15, 0.2) is 0 Å². The molecule has 0 spiro atoms. The Hall–Kier alpha value is -1.82. The van der Waals surface area contributed by atoms with E-state index in [4.69, 9.17) is 10.8 Å². The van der Waals surface area contributed by atoms with Crippen molar-refractivity contribution in [2.75, 3.05) is 17.6 Å². The van der Waals surface area contributed by atoms with Crippen LogP contribution >= 0.6 is 0 Å². The lowest BCUT2D eigenvalue weighted by Crippen LogP contribution is -2.28. The number of hydrogen-bond acceptors (Lipinski definition) is 4. The summed E-state index contributed by atoms with van der Waals surface area (Å²) in [6.07, 6.45) is 1.13. The Morgan fingerprint density at radius 2 is 2.00 bits per heavy atom. The topological polar surface area (TPSA) is 95.6 Å². The molecule has 0 amide bonds. The number of benzene rings is 1. The molecule has 0 radical (unpaired) electrons. The van der Waals surface area contributed by atoms with Crippen molar-refractivity contribution in [2.45, 2.75) is 32.8 Å². The SMILES string of the molecule is CCC(CC)C(O)CNc1cc(F)c(C(=O)O)cc1N. The molecule has 1 rings (SSSR count). The van der Waals surface area contributed by atoms with Gasteiger partial charge in [-0.3, -0.25) is 0 Å². The van der Waals surface area contributed by atoms with Gasteiger partial charge in [-0.1, -0.05) is 26.7 Å². The molecule has 0 aliphatic carbocycles. The van der Waals surface area contributed by atoms with Gasteiger partial charge in [-0.2, -0.15) is 0 Å². The minimum atomic E-state index is -1.36. The zero-order chi connectivity index (χ0) is 15.3. The summed E-state index contributed by atoms with van der Waals surface area (Å²) >= 11 is 0. The van der Waals surface area contributed by atoms with Gasteiger partial charge in [-0.15, -0.1) is 0 Å². The lowest BCUT2D eigenvalue weighted by molar-refractivity contribution is 0.0692. The van der Waals surface area contributed by atoms with Gasteiger partial charge < -0.3 is 21.3 Å². The predicted molar refractivity (Wildman–Crippen MR) is 76.3 cm³/mol. The van der Waals surface area contributed by atoms with Crippen LogP contribution in [-0.4, -0.2) is 28.8 Å². The molecule has 0 heterocycles. The largest absolute Gasteiger partial charge is 0.478 e. The van der Waals surface area contributed by atoms with E-state index in [2.05, 4.69) is 5.32 Å². The first-order chi connectivity index (χ1) is 9.40. The highest BCUT2D eigenvalue weighted by molar-refractivity contribution is 5.90. The maximum Gasteiger partial charge on any atom is 0.338 e. The van der Waals surface area contributed by atoms with E-state index in [1.54, 1.807) is 0 Å². The van der Waals surface area contributed by atoms with Gasteiger partial charge in [0, 0.05) is 6.54 Å². The molecule has 1 aromatic carbocycles. The van der Waals surface area contributed by atoms with Crippen LogP contribution in [0.25, 0.3) is 0 Å². The number of carbonyl (C=O) groups is 1. The quantitative estimate of drug-likeness (QED) is 0.576. The summed E-state index contributed by atoms with van der Waals surface area (Å²) in [7, 11) is 0. The minimum Gasteiger partial charge on any atom is -0.478 e. The second-order valence-corrected chi connectivity index (χ2v) is 4.75. The van der Waals surface area contributed by atoms with Crippen LogP contribution in [0.15, 0.2) is 12.1 Å². The molecule has 20 heavy (non-hydrogen) atoms. The van der Waals surface area contributed by atoms with Crippen molar-refractivity contribution in [3.63, 3.8) is 0 Å². The maximum atomic E-state index is 13.6. The molecular formula is C14H21FN2O3. The first kappa shape index (κ1) is 16.2. The van der Waals surface area contributed by atoms with Crippen molar-refractivity contribution in [3.8, 4) is 0 Å². The van der Waals surface area contributed by atoms with E-state index in [1.165, 1.54) is 0 Å². The molecule has 1 aromatic rings. The van der Waals surface area contributed by atoms with Gasteiger partial charge in [-0.05, 0) is 18.1 Å². The average Bonchev–Trinajstić information content (AvgIpc) is 2.40. The Bertz CT molecular complexity index is 476. The second kappa shape index (κ2) is 7.09. The van der Waals surface area contributed by atoms with E-state index in [9.17, 15) is 14.3 Å². The molecule has 0 aromatic heterocycles. The molecule has 0 saturated carbocycles. The summed E-state index contributed by atoms with van der Waals surface area (Å²) in [6.45, 7) is 4.22. The fourth-order valence-corrected chi connectivity index (χ4v) is 2.12. The third-order valence-corrected chi connectivity index (χ3v) is 3.46. The Morgan fingerprint density at radius 3 is 2.50 bits per heavy atom. The Kier molecular flexibility index (Phi) is 5.76. The number of anilines is 2. The standard InChI is InChI=1S/C14H21FN2O3/c1-3-8(4-2)13(18)7-17-12-6-10(15)9(14(19)20)5-11(12)16/h5-6,8,13,17-18H,3-4,7,16H2,1-2H3,(H,19,20). The molecule has 6 heteroatoms. The summed E-state index contributed by atoms with van der Waals surface area (Å²) in [5.74, 6) is -2.06. The van der Waals surface area contributed by atoms with Crippen LogP contribution in [0.2, 0.25) is 0 Å². The van der Waals surface area contributed by atoms with E-state index in [1.807, 2.05) is 13.8 Å². The molecular weight excluding hydrogens is 263 g/mol. The number of halogens is 1. The number of aliphatic hydroxyl groups excluding tert-OH is 1. The number of nitrogen functional groups attached to an aromatic ring is 1. The number of aromatic carboxylic acids is 1. The van der Waals surface area contributed by atoms with Gasteiger partial charge in [0.25, 0.3) is 0 Å². The van der Waals surface area contributed by atoms with Crippen LogP contribution in [0.3, 0.4) is 0 Å². The highest BCUT2D eigenvalue weighted by atomic mass is 19.1. The number of rotatable bonds is 7. The molecule has 0 aliphatic rings. The number of nitrogens with two attached hydrogens (primary N) is 1. The summed E-state index contributed by atoms with van der Waals surface area (Å²) in [5.41, 5.74) is 5.65. The van der Waals surface area contributed by atoms with Crippen LogP contribution in [-0.2, 0) is 0 Å². The smallest absolute Gasteiger partial charge is 0.338 e. The van der Waals surface area contributed by atoms with Crippen LogP contribution in [0.5, 0.6) is 0 Å². The normalized spacial score (nSPS) is 12.4. The van der Waals surface area contributed by atoms with E-state index < -0.39 is 23.5 Å².